The molecule has 118 valence electrons. The van der Waals surface area contributed by atoms with Crippen molar-refractivity contribution in [3.8, 4) is 5.75 Å². The van der Waals surface area contributed by atoms with Gasteiger partial charge in [-0.2, -0.15) is 0 Å². The molecular weight excluding hydrogens is 287 g/mol. The first kappa shape index (κ1) is 14.8. The molecule has 22 heavy (non-hydrogen) atoms. The second-order valence-electron chi connectivity index (χ2n) is 5.93. The molecule has 2 aliphatic heterocycles. The van der Waals surface area contributed by atoms with Gasteiger partial charge >= 0.3 is 6.03 Å². The molecule has 1 saturated heterocycles. The highest BCUT2D eigenvalue weighted by atomic mass is 19.1. The topological polar surface area (TPSA) is 49.9 Å². The molecule has 1 aromatic rings. The number of carbonyl (C=O) groups excluding carboxylic acids is 2. The van der Waals surface area contributed by atoms with E-state index in [9.17, 15) is 14.0 Å². The summed E-state index contributed by atoms with van der Waals surface area (Å²) >= 11 is 0. The predicted octanol–water partition coefficient (Wildman–Crippen LogP) is 2.71. The number of fused-ring (bicyclic) bond motifs is 1. The van der Waals surface area contributed by atoms with Crippen LogP contribution in [0.15, 0.2) is 18.2 Å². The van der Waals surface area contributed by atoms with Crippen LogP contribution in [0.25, 0.3) is 0 Å². The third-order valence-electron chi connectivity index (χ3n) is 4.19. The monoisotopic (exact) mass is 306 g/mol. The van der Waals surface area contributed by atoms with Crippen LogP contribution in [0, 0.1) is 5.82 Å². The number of halogens is 1. The van der Waals surface area contributed by atoms with E-state index < -0.39 is 11.9 Å². The van der Waals surface area contributed by atoms with Crippen LogP contribution in [-0.2, 0) is 4.79 Å². The van der Waals surface area contributed by atoms with E-state index in [1.807, 2.05) is 13.8 Å². The Labute approximate surface area is 128 Å². The zero-order valence-electron chi connectivity index (χ0n) is 12.7. The molecule has 1 aromatic carbocycles. The van der Waals surface area contributed by atoms with E-state index in [0.29, 0.717) is 25.0 Å². The van der Waals surface area contributed by atoms with Gasteiger partial charge in [-0.15, -0.1) is 0 Å². The molecule has 0 radical (unpaired) electrons. The Bertz CT molecular complexity index is 617. The average molecular weight is 306 g/mol. The molecule has 5 nitrogen and oxygen atoms in total. The van der Waals surface area contributed by atoms with Gasteiger partial charge in [-0.1, -0.05) is 12.1 Å². The highest BCUT2D eigenvalue weighted by Gasteiger charge is 2.43. The average Bonchev–Trinajstić information content (AvgIpc) is 2.65. The van der Waals surface area contributed by atoms with Crippen LogP contribution in [0.3, 0.4) is 0 Å². The molecule has 3 rings (SSSR count). The molecule has 2 heterocycles. The van der Waals surface area contributed by atoms with Crippen molar-refractivity contribution in [3.63, 3.8) is 0 Å². The first-order chi connectivity index (χ1) is 10.5. The first-order valence-corrected chi connectivity index (χ1v) is 7.54. The molecule has 1 unspecified atom stereocenters. The van der Waals surface area contributed by atoms with Crippen LogP contribution in [0.1, 0.15) is 38.3 Å². The Morgan fingerprint density at radius 1 is 1.32 bits per heavy atom. The summed E-state index contributed by atoms with van der Waals surface area (Å²) in [7, 11) is 0. The quantitative estimate of drug-likeness (QED) is 0.789. The molecule has 0 saturated carbocycles. The van der Waals surface area contributed by atoms with E-state index in [1.165, 1.54) is 15.9 Å². The van der Waals surface area contributed by atoms with Crippen molar-refractivity contribution in [2.24, 2.45) is 0 Å². The minimum Gasteiger partial charge on any atom is -0.490 e. The summed E-state index contributed by atoms with van der Waals surface area (Å²) in [5.74, 6) is -0.529. The van der Waals surface area contributed by atoms with Crippen LogP contribution < -0.4 is 4.74 Å². The Hall–Kier alpha value is -2.11. The van der Waals surface area contributed by atoms with Gasteiger partial charge in [0.25, 0.3) is 5.91 Å². The SMILES string of the molecule is CC(C)N1CC(=O)N(C2CCCOc3c(F)cccc32)C1=O. The fraction of sp³-hybridized carbons (Fsp3) is 0.500. The van der Waals surface area contributed by atoms with Gasteiger partial charge in [0.2, 0.25) is 0 Å². The predicted molar refractivity (Wildman–Crippen MR) is 78.0 cm³/mol. The van der Waals surface area contributed by atoms with E-state index in [2.05, 4.69) is 0 Å². The van der Waals surface area contributed by atoms with Gasteiger partial charge in [-0.05, 0) is 32.8 Å². The van der Waals surface area contributed by atoms with Crippen molar-refractivity contribution in [1.29, 1.82) is 0 Å². The molecule has 0 N–H and O–H groups in total. The van der Waals surface area contributed by atoms with Crippen LogP contribution in [0.2, 0.25) is 0 Å². The first-order valence-electron chi connectivity index (χ1n) is 7.54. The summed E-state index contributed by atoms with van der Waals surface area (Å²) in [6.07, 6.45) is 1.25. The lowest BCUT2D eigenvalue weighted by atomic mass is 10.0. The van der Waals surface area contributed by atoms with Crippen molar-refractivity contribution in [2.75, 3.05) is 13.2 Å². The Kier molecular flexibility index (Phi) is 3.76. The number of amides is 3. The third kappa shape index (κ3) is 2.32. The Balaban J connectivity index is 2.00. The summed E-state index contributed by atoms with van der Waals surface area (Å²) in [6, 6.07) is 3.83. The fourth-order valence-corrected chi connectivity index (χ4v) is 3.06. The minimum absolute atomic E-state index is 0.0459. The number of hydrogen-bond acceptors (Lipinski definition) is 3. The zero-order valence-corrected chi connectivity index (χ0v) is 12.7. The normalized spacial score (nSPS) is 21.9. The lowest BCUT2D eigenvalue weighted by Gasteiger charge is -2.27. The molecule has 0 bridgehead atoms. The molecule has 2 aliphatic rings. The van der Waals surface area contributed by atoms with E-state index in [1.54, 1.807) is 12.1 Å². The van der Waals surface area contributed by atoms with Crippen LogP contribution in [0.5, 0.6) is 5.75 Å². The van der Waals surface area contributed by atoms with E-state index in [0.717, 1.165) is 0 Å². The van der Waals surface area contributed by atoms with Gasteiger partial charge in [0.1, 0.15) is 6.54 Å². The van der Waals surface area contributed by atoms with Crippen molar-refractivity contribution >= 4 is 11.9 Å². The number of imide groups is 1. The number of rotatable bonds is 2. The zero-order chi connectivity index (χ0) is 15.9. The summed E-state index contributed by atoms with van der Waals surface area (Å²) < 4.78 is 19.5. The summed E-state index contributed by atoms with van der Waals surface area (Å²) in [4.78, 5) is 27.7. The van der Waals surface area contributed by atoms with Crippen molar-refractivity contribution in [2.45, 2.75) is 38.8 Å². The third-order valence-corrected chi connectivity index (χ3v) is 4.19. The fourth-order valence-electron chi connectivity index (χ4n) is 3.06. The molecule has 3 amide bonds. The molecular formula is C16H19FN2O3. The maximum Gasteiger partial charge on any atom is 0.328 e. The van der Waals surface area contributed by atoms with Crippen molar-refractivity contribution in [3.05, 3.63) is 29.6 Å². The van der Waals surface area contributed by atoms with E-state index in [-0.39, 0.29) is 30.3 Å². The van der Waals surface area contributed by atoms with E-state index >= 15 is 0 Å². The second kappa shape index (κ2) is 5.59. The standard InChI is InChI=1S/C16H19FN2O3/c1-10(2)18-9-14(20)19(16(18)21)13-7-4-8-22-15-11(13)5-3-6-12(15)17/h3,5-6,10,13H,4,7-9H2,1-2H3. The smallest absolute Gasteiger partial charge is 0.328 e. The molecule has 6 heteroatoms. The maximum absolute atomic E-state index is 14.0. The summed E-state index contributed by atoms with van der Waals surface area (Å²) in [6.45, 7) is 4.21. The Morgan fingerprint density at radius 2 is 2.09 bits per heavy atom. The number of ether oxygens (including phenoxy) is 1. The number of urea groups is 1. The van der Waals surface area contributed by atoms with Gasteiger partial charge in [0, 0.05) is 11.6 Å². The van der Waals surface area contributed by atoms with Gasteiger partial charge in [-0.3, -0.25) is 9.69 Å². The van der Waals surface area contributed by atoms with Gasteiger partial charge < -0.3 is 9.64 Å². The van der Waals surface area contributed by atoms with Crippen molar-refractivity contribution < 1.29 is 18.7 Å². The highest BCUT2D eigenvalue weighted by molar-refractivity contribution is 6.02. The lowest BCUT2D eigenvalue weighted by Crippen LogP contribution is -2.38. The molecule has 0 aromatic heterocycles. The van der Waals surface area contributed by atoms with Crippen LogP contribution >= 0.6 is 0 Å². The Morgan fingerprint density at radius 3 is 2.77 bits per heavy atom. The van der Waals surface area contributed by atoms with Gasteiger partial charge in [0.15, 0.2) is 11.6 Å². The summed E-state index contributed by atoms with van der Waals surface area (Å²) in [5, 5.41) is 0. The molecule has 0 spiro atoms. The number of para-hydroxylation sites is 1. The molecule has 0 aliphatic carbocycles. The van der Waals surface area contributed by atoms with E-state index in [4.69, 9.17) is 4.74 Å². The van der Waals surface area contributed by atoms with Crippen LogP contribution in [-0.4, -0.2) is 40.9 Å². The molecule has 1 fully saturated rings. The highest BCUT2D eigenvalue weighted by Crippen LogP contribution is 2.39. The number of benzene rings is 1. The van der Waals surface area contributed by atoms with Crippen molar-refractivity contribution in [1.82, 2.24) is 9.80 Å². The minimum atomic E-state index is -0.461. The maximum atomic E-state index is 14.0. The van der Waals surface area contributed by atoms with Gasteiger partial charge in [-0.25, -0.2) is 9.18 Å². The number of hydrogen-bond donors (Lipinski definition) is 0. The number of carbonyl (C=O) groups is 2. The summed E-state index contributed by atoms with van der Waals surface area (Å²) in [5.41, 5.74) is 0.574. The molecule has 1 atom stereocenters. The number of nitrogens with zero attached hydrogens (tertiary/aromatic N) is 2. The lowest BCUT2D eigenvalue weighted by molar-refractivity contribution is -0.127. The van der Waals surface area contributed by atoms with Gasteiger partial charge in [0.05, 0.1) is 12.6 Å². The largest absolute Gasteiger partial charge is 0.490 e. The van der Waals surface area contributed by atoms with Crippen LogP contribution in [0.4, 0.5) is 9.18 Å². The second-order valence-corrected chi connectivity index (χ2v) is 5.93.